The number of anilines is 1. The van der Waals surface area contributed by atoms with Crippen molar-refractivity contribution in [2.45, 2.75) is 51.6 Å². The Morgan fingerprint density at radius 1 is 1.28 bits per heavy atom. The van der Waals surface area contributed by atoms with Gasteiger partial charge in [0.2, 0.25) is 5.91 Å². The van der Waals surface area contributed by atoms with Gasteiger partial charge in [0.25, 0.3) is 5.69 Å². The quantitative estimate of drug-likeness (QED) is 0.438. The molecule has 0 spiro atoms. The molecule has 1 aliphatic carbocycles. The second-order valence-corrected chi connectivity index (χ2v) is 8.72. The van der Waals surface area contributed by atoms with Gasteiger partial charge in [0.1, 0.15) is 12.3 Å². The molecule has 178 valence electrons. The summed E-state index contributed by atoms with van der Waals surface area (Å²) in [6.45, 7) is 7.71. The number of nitrogens with one attached hydrogen (secondary N) is 2. The molecule has 2 fully saturated rings. The normalized spacial score (nSPS) is 21.9. The van der Waals surface area contributed by atoms with Crippen LogP contribution in [0.3, 0.4) is 0 Å². The molecule has 0 radical (unpaired) electrons. The Balaban J connectivity index is 1.60. The molecular formula is C22H33FN4O5. The van der Waals surface area contributed by atoms with Gasteiger partial charge < -0.3 is 20.1 Å². The van der Waals surface area contributed by atoms with E-state index in [2.05, 4.69) is 15.5 Å². The van der Waals surface area contributed by atoms with Gasteiger partial charge in [-0.25, -0.2) is 4.39 Å². The van der Waals surface area contributed by atoms with Crippen LogP contribution in [0.15, 0.2) is 12.1 Å². The molecule has 1 saturated heterocycles. The first-order valence-electron chi connectivity index (χ1n) is 11.3. The Morgan fingerprint density at radius 2 is 1.97 bits per heavy atom. The number of hydrogen-bond acceptors (Lipinski definition) is 7. The first-order valence-corrected chi connectivity index (χ1v) is 11.3. The van der Waals surface area contributed by atoms with E-state index in [1.807, 2.05) is 13.8 Å². The van der Waals surface area contributed by atoms with Crippen molar-refractivity contribution in [1.29, 1.82) is 0 Å². The number of hydrogen-bond donors (Lipinski definition) is 2. The van der Waals surface area contributed by atoms with Crippen molar-refractivity contribution in [3.63, 3.8) is 0 Å². The topological polar surface area (TPSA) is 106 Å². The Bertz CT molecular complexity index is 793. The molecule has 1 heterocycles. The number of halogens is 1. The summed E-state index contributed by atoms with van der Waals surface area (Å²) < 4.78 is 25.4. The predicted octanol–water partition coefficient (Wildman–Crippen LogP) is 2.94. The minimum atomic E-state index is -0.752. The number of nitrogens with zero attached hydrogens (tertiary/aromatic N) is 2. The zero-order valence-corrected chi connectivity index (χ0v) is 18.8. The Kier molecular flexibility index (Phi) is 8.63. The molecule has 1 amide bonds. The van der Waals surface area contributed by atoms with Crippen LogP contribution in [0.2, 0.25) is 0 Å². The van der Waals surface area contributed by atoms with Gasteiger partial charge in [0.15, 0.2) is 11.6 Å². The first-order chi connectivity index (χ1) is 15.3. The van der Waals surface area contributed by atoms with Crippen molar-refractivity contribution in [2.75, 3.05) is 44.8 Å². The second-order valence-electron chi connectivity index (χ2n) is 8.72. The van der Waals surface area contributed by atoms with E-state index < -0.39 is 10.7 Å². The molecule has 9 nitrogen and oxygen atoms in total. The lowest BCUT2D eigenvalue weighted by atomic mass is 9.85. The van der Waals surface area contributed by atoms with E-state index in [1.54, 1.807) is 0 Å². The molecule has 1 aromatic carbocycles. The minimum absolute atomic E-state index is 0.00337. The Morgan fingerprint density at radius 3 is 2.59 bits per heavy atom. The lowest BCUT2D eigenvalue weighted by molar-refractivity contribution is -0.384. The van der Waals surface area contributed by atoms with E-state index in [1.165, 1.54) is 6.07 Å². The molecule has 0 atom stereocenters. The number of carbonyl (C=O) groups excluding carboxylic acids is 1. The maximum Gasteiger partial charge on any atom is 0.295 e. The molecule has 1 saturated carbocycles. The van der Waals surface area contributed by atoms with E-state index >= 15 is 0 Å². The van der Waals surface area contributed by atoms with Crippen molar-refractivity contribution in [2.24, 2.45) is 5.92 Å². The zero-order chi connectivity index (χ0) is 23.1. The van der Waals surface area contributed by atoms with Crippen LogP contribution in [0.25, 0.3) is 0 Å². The number of carbonyl (C=O) groups is 1. The fourth-order valence-electron chi connectivity index (χ4n) is 4.15. The number of morpholine rings is 1. The highest BCUT2D eigenvalue weighted by atomic mass is 19.1. The van der Waals surface area contributed by atoms with E-state index in [0.29, 0.717) is 45.4 Å². The van der Waals surface area contributed by atoms with Crippen LogP contribution in [0.5, 0.6) is 5.75 Å². The highest BCUT2D eigenvalue weighted by molar-refractivity contribution is 5.79. The summed E-state index contributed by atoms with van der Waals surface area (Å²) >= 11 is 0. The molecule has 0 aromatic heterocycles. The molecule has 0 bridgehead atoms. The summed E-state index contributed by atoms with van der Waals surface area (Å²) in [5.41, 5.74) is -0.0736. The molecule has 10 heteroatoms. The predicted molar refractivity (Wildman–Crippen MR) is 118 cm³/mol. The largest absolute Gasteiger partial charge is 0.489 e. The van der Waals surface area contributed by atoms with Crippen molar-refractivity contribution in [3.05, 3.63) is 28.1 Å². The molecule has 0 unspecified atom stereocenters. The summed E-state index contributed by atoms with van der Waals surface area (Å²) in [6, 6.07) is 2.36. The number of ether oxygens (including phenoxy) is 2. The maximum absolute atomic E-state index is 14.4. The van der Waals surface area contributed by atoms with Gasteiger partial charge in [-0.15, -0.1) is 0 Å². The lowest BCUT2D eigenvalue weighted by Gasteiger charge is -2.29. The van der Waals surface area contributed by atoms with E-state index in [9.17, 15) is 19.3 Å². The summed E-state index contributed by atoms with van der Waals surface area (Å²) in [4.78, 5) is 25.3. The van der Waals surface area contributed by atoms with E-state index in [-0.39, 0.29) is 47.6 Å². The number of benzene rings is 1. The fourth-order valence-corrected chi connectivity index (χ4v) is 4.15. The maximum atomic E-state index is 14.4. The third kappa shape index (κ3) is 6.77. The van der Waals surface area contributed by atoms with Gasteiger partial charge in [-0.1, -0.05) is 0 Å². The molecule has 1 aromatic rings. The second kappa shape index (κ2) is 11.4. The lowest BCUT2D eigenvalue weighted by Crippen LogP contribution is -2.39. The van der Waals surface area contributed by atoms with E-state index in [4.69, 9.17) is 9.47 Å². The SMILES string of the molecule is CC(C)NC(=O)[C@H]1CC[C@@H](Nc2cc(OCCN3CCOCC3)c(F)cc2[N+](=O)[O-])CC1. The van der Waals surface area contributed by atoms with Gasteiger partial charge in [0, 0.05) is 43.7 Å². The number of nitro groups is 1. The van der Waals surface area contributed by atoms with Crippen molar-refractivity contribution < 1.29 is 23.6 Å². The summed E-state index contributed by atoms with van der Waals surface area (Å²) in [5, 5.41) is 17.6. The number of nitro benzene ring substituents is 1. The molecule has 32 heavy (non-hydrogen) atoms. The average molecular weight is 453 g/mol. The van der Waals surface area contributed by atoms with Crippen LogP contribution >= 0.6 is 0 Å². The number of rotatable bonds is 9. The average Bonchev–Trinajstić information content (AvgIpc) is 2.76. The summed E-state index contributed by atoms with van der Waals surface area (Å²) in [5.74, 6) is -0.741. The highest BCUT2D eigenvalue weighted by Gasteiger charge is 2.28. The standard InChI is InChI=1S/C22H33FN4O5/c1-15(2)24-22(28)16-3-5-17(6-4-16)25-19-14-21(18(23)13-20(19)27(29)30)32-12-9-26-7-10-31-11-8-26/h13-17,25H,3-12H2,1-2H3,(H,24,28)/t16-,17+. The summed E-state index contributed by atoms with van der Waals surface area (Å²) in [7, 11) is 0. The molecule has 3 rings (SSSR count). The summed E-state index contributed by atoms with van der Waals surface area (Å²) in [6.07, 6.45) is 2.82. The third-order valence-corrected chi connectivity index (χ3v) is 5.90. The van der Waals surface area contributed by atoms with Crippen molar-refractivity contribution in [1.82, 2.24) is 10.2 Å². The monoisotopic (exact) mass is 452 g/mol. The Hall–Kier alpha value is -2.46. The van der Waals surface area contributed by atoms with Crippen LogP contribution in [0, 0.1) is 21.8 Å². The molecule has 2 N–H and O–H groups in total. The van der Waals surface area contributed by atoms with Gasteiger partial charge in [-0.2, -0.15) is 0 Å². The van der Waals surface area contributed by atoms with Crippen LogP contribution in [-0.4, -0.2) is 67.3 Å². The van der Waals surface area contributed by atoms with Gasteiger partial charge >= 0.3 is 0 Å². The van der Waals surface area contributed by atoms with Crippen molar-refractivity contribution >= 4 is 17.3 Å². The third-order valence-electron chi connectivity index (χ3n) is 5.90. The highest BCUT2D eigenvalue weighted by Crippen LogP contribution is 2.35. The van der Waals surface area contributed by atoms with Crippen LogP contribution in [0.4, 0.5) is 15.8 Å². The molecule has 1 aliphatic heterocycles. The molecular weight excluding hydrogens is 419 g/mol. The minimum Gasteiger partial charge on any atom is -0.489 e. The van der Waals surface area contributed by atoms with Gasteiger partial charge in [-0.3, -0.25) is 19.8 Å². The zero-order valence-electron chi connectivity index (χ0n) is 18.8. The smallest absolute Gasteiger partial charge is 0.295 e. The van der Waals surface area contributed by atoms with E-state index in [0.717, 1.165) is 19.2 Å². The van der Waals surface area contributed by atoms with Crippen LogP contribution < -0.4 is 15.4 Å². The molecule has 2 aliphatic rings. The number of amides is 1. The van der Waals surface area contributed by atoms with Crippen molar-refractivity contribution in [3.8, 4) is 5.75 Å². The van der Waals surface area contributed by atoms with Crippen LogP contribution in [-0.2, 0) is 9.53 Å². The first kappa shape index (κ1) is 24.2. The van der Waals surface area contributed by atoms with Crippen LogP contribution in [0.1, 0.15) is 39.5 Å². The fraction of sp³-hybridized carbons (Fsp3) is 0.682. The van der Waals surface area contributed by atoms with Gasteiger partial charge in [0.05, 0.1) is 24.2 Å². The Labute approximate surface area is 187 Å². The van der Waals surface area contributed by atoms with Gasteiger partial charge in [-0.05, 0) is 39.5 Å².